The lowest BCUT2D eigenvalue weighted by atomic mass is 9.93. The molecule has 0 bridgehead atoms. The molecule has 0 fully saturated rings. The van der Waals surface area contributed by atoms with Crippen molar-refractivity contribution < 1.29 is 22.3 Å². The number of nitrogens with zero attached hydrogens (tertiary/aromatic N) is 4. The Labute approximate surface area is 182 Å². The molecule has 0 radical (unpaired) electrons. The summed E-state index contributed by atoms with van der Waals surface area (Å²) in [4.78, 5) is 24.5. The molecule has 0 saturated carbocycles. The Morgan fingerprint density at radius 2 is 2.13 bits per heavy atom. The molecule has 13 heteroatoms. The third kappa shape index (κ3) is 4.44. The van der Waals surface area contributed by atoms with E-state index in [1.54, 1.807) is 0 Å². The largest absolute Gasteiger partial charge is 0.446 e. The summed E-state index contributed by atoms with van der Waals surface area (Å²) in [6, 6.07) is 2.33. The van der Waals surface area contributed by atoms with Crippen LogP contribution in [0.3, 0.4) is 0 Å². The van der Waals surface area contributed by atoms with Gasteiger partial charge in [0.25, 0.3) is 5.91 Å². The molecule has 0 spiro atoms. The number of aromatic nitrogens is 2. The Hall–Kier alpha value is -3.25. The highest BCUT2D eigenvalue weighted by Gasteiger charge is 2.42. The molecule has 3 N–H and O–H groups in total. The normalized spacial score (nSPS) is 20.0. The molecule has 2 aromatic rings. The molecule has 31 heavy (non-hydrogen) atoms. The van der Waals surface area contributed by atoms with Gasteiger partial charge in [-0.05, 0) is 19.1 Å². The van der Waals surface area contributed by atoms with Crippen molar-refractivity contribution in [1.29, 1.82) is 0 Å². The number of sulfonamides is 1. The first-order valence-electron chi connectivity index (χ1n) is 8.69. The summed E-state index contributed by atoms with van der Waals surface area (Å²) in [5, 5.41) is 2.14. The second-order valence-electron chi connectivity index (χ2n) is 6.77. The van der Waals surface area contributed by atoms with Gasteiger partial charge in [-0.3, -0.25) is 4.79 Å². The molecule has 1 aliphatic heterocycles. The standard InChI is InChI=1S/C18H18ClFN6O4S/c1-4-30-14-8-22-13(7-23-14)16(27)24-10-5-11(15(19)12(20)6-10)18(2)9-31(28,29)26(3)17(21)25-18/h4-8H,1,9H2,2-3H3,(H2,21,25)(H,24,27)/t18-/m0/s1. The van der Waals surface area contributed by atoms with Gasteiger partial charge in [-0.2, -0.15) is 0 Å². The maximum Gasteiger partial charge on any atom is 0.275 e. The van der Waals surface area contributed by atoms with Gasteiger partial charge < -0.3 is 15.8 Å². The highest BCUT2D eigenvalue weighted by molar-refractivity contribution is 7.89. The summed E-state index contributed by atoms with van der Waals surface area (Å²) in [5.74, 6) is -2.18. The van der Waals surface area contributed by atoms with E-state index >= 15 is 0 Å². The maximum absolute atomic E-state index is 14.5. The number of carbonyl (C=O) groups excluding carboxylic acids is 1. The number of carbonyl (C=O) groups is 1. The molecule has 0 saturated heterocycles. The van der Waals surface area contributed by atoms with Gasteiger partial charge in [-0.1, -0.05) is 18.2 Å². The topological polar surface area (TPSA) is 140 Å². The van der Waals surface area contributed by atoms with Gasteiger partial charge >= 0.3 is 0 Å². The first-order valence-corrected chi connectivity index (χ1v) is 10.7. The third-order valence-corrected chi connectivity index (χ3v) is 6.83. The molecule has 1 atom stereocenters. The summed E-state index contributed by atoms with van der Waals surface area (Å²) >= 11 is 6.12. The van der Waals surface area contributed by atoms with E-state index in [1.807, 2.05) is 0 Å². The molecule has 0 aliphatic carbocycles. The SMILES string of the molecule is C=COc1cnc(C(=O)Nc2cc(F)c(Cl)c([C@]3(C)CS(=O)(=O)N(C)C(N)=N3)c2)cn1. The van der Waals surface area contributed by atoms with Crippen LogP contribution in [0.4, 0.5) is 10.1 Å². The van der Waals surface area contributed by atoms with Crippen molar-refractivity contribution in [3.05, 3.63) is 59.5 Å². The Kier molecular flexibility index (Phi) is 5.87. The Balaban J connectivity index is 1.96. The number of nitrogens with one attached hydrogen (secondary N) is 1. The van der Waals surface area contributed by atoms with Crippen molar-refractivity contribution in [2.45, 2.75) is 12.5 Å². The number of nitrogens with two attached hydrogens (primary N) is 1. The lowest BCUT2D eigenvalue weighted by Gasteiger charge is -2.35. The average Bonchev–Trinajstić information content (AvgIpc) is 2.69. The maximum atomic E-state index is 14.5. The molecule has 1 aliphatic rings. The second kappa shape index (κ2) is 8.12. The predicted octanol–water partition coefficient (Wildman–Crippen LogP) is 1.85. The third-order valence-electron chi connectivity index (χ3n) is 4.50. The van der Waals surface area contributed by atoms with E-state index < -0.39 is 33.0 Å². The minimum atomic E-state index is -3.81. The number of benzene rings is 1. The van der Waals surface area contributed by atoms with E-state index in [2.05, 4.69) is 26.9 Å². The van der Waals surface area contributed by atoms with E-state index in [1.165, 1.54) is 26.2 Å². The van der Waals surface area contributed by atoms with Crippen LogP contribution in [0.5, 0.6) is 5.88 Å². The average molecular weight is 469 g/mol. The fraction of sp³-hybridized carbons (Fsp3) is 0.222. The Morgan fingerprint density at radius 3 is 2.71 bits per heavy atom. The zero-order chi connectivity index (χ0) is 23.0. The van der Waals surface area contributed by atoms with Crippen LogP contribution in [-0.4, -0.2) is 47.4 Å². The fourth-order valence-corrected chi connectivity index (χ4v) is 4.68. The van der Waals surface area contributed by atoms with Gasteiger partial charge in [0.15, 0.2) is 0 Å². The molecule has 1 amide bonds. The number of anilines is 1. The van der Waals surface area contributed by atoms with Crippen LogP contribution >= 0.6 is 11.6 Å². The van der Waals surface area contributed by atoms with Crippen LogP contribution in [-0.2, 0) is 15.6 Å². The van der Waals surface area contributed by atoms with Crippen molar-refractivity contribution in [2.24, 2.45) is 10.7 Å². The van der Waals surface area contributed by atoms with E-state index in [4.69, 9.17) is 22.1 Å². The summed E-state index contributed by atoms with van der Waals surface area (Å²) in [7, 11) is -2.55. The number of amides is 1. The smallest absolute Gasteiger partial charge is 0.275 e. The minimum Gasteiger partial charge on any atom is -0.446 e. The van der Waals surface area contributed by atoms with Crippen molar-refractivity contribution in [3.8, 4) is 5.88 Å². The van der Waals surface area contributed by atoms with Gasteiger partial charge in [-0.15, -0.1) is 0 Å². The predicted molar refractivity (Wildman–Crippen MR) is 113 cm³/mol. The number of guanidine groups is 1. The van der Waals surface area contributed by atoms with E-state index in [0.29, 0.717) is 0 Å². The van der Waals surface area contributed by atoms with Gasteiger partial charge in [0.05, 0.1) is 29.4 Å². The minimum absolute atomic E-state index is 0.0152. The number of hydrogen-bond acceptors (Lipinski definition) is 8. The van der Waals surface area contributed by atoms with Crippen LogP contribution in [0.1, 0.15) is 23.0 Å². The molecule has 10 nitrogen and oxygen atoms in total. The molecule has 1 aromatic carbocycles. The van der Waals surface area contributed by atoms with Gasteiger partial charge in [0.2, 0.25) is 21.9 Å². The number of ether oxygens (including phenoxy) is 1. The molecule has 0 unspecified atom stereocenters. The van der Waals surface area contributed by atoms with Gasteiger partial charge in [-0.25, -0.2) is 32.1 Å². The first kappa shape index (κ1) is 22.4. The number of rotatable bonds is 5. The van der Waals surface area contributed by atoms with E-state index in [9.17, 15) is 17.6 Å². The molecule has 3 rings (SSSR count). The van der Waals surface area contributed by atoms with Gasteiger partial charge in [0, 0.05) is 18.3 Å². The van der Waals surface area contributed by atoms with Crippen molar-refractivity contribution in [3.63, 3.8) is 0 Å². The molecular weight excluding hydrogens is 451 g/mol. The van der Waals surface area contributed by atoms with Crippen molar-refractivity contribution in [1.82, 2.24) is 14.3 Å². The van der Waals surface area contributed by atoms with E-state index in [0.717, 1.165) is 22.8 Å². The summed E-state index contributed by atoms with van der Waals surface area (Å²) in [6.07, 6.45) is 3.53. The number of aliphatic imine (C=N–C) groups is 1. The number of halogens is 2. The number of hydrogen-bond donors (Lipinski definition) is 2. The zero-order valence-corrected chi connectivity index (χ0v) is 18.0. The monoisotopic (exact) mass is 468 g/mol. The fourth-order valence-electron chi connectivity index (χ4n) is 2.92. The highest BCUT2D eigenvalue weighted by Crippen LogP contribution is 2.38. The highest BCUT2D eigenvalue weighted by atomic mass is 35.5. The van der Waals surface area contributed by atoms with Crippen LogP contribution < -0.4 is 15.8 Å². The summed E-state index contributed by atoms with van der Waals surface area (Å²) in [6.45, 7) is 4.84. The Morgan fingerprint density at radius 1 is 1.42 bits per heavy atom. The molecule has 1 aromatic heterocycles. The summed E-state index contributed by atoms with van der Waals surface area (Å²) < 4.78 is 45.2. The quantitative estimate of drug-likeness (QED) is 0.638. The Bertz CT molecular complexity index is 1190. The zero-order valence-electron chi connectivity index (χ0n) is 16.5. The summed E-state index contributed by atoms with van der Waals surface area (Å²) in [5.41, 5.74) is 4.26. The van der Waals surface area contributed by atoms with Crippen LogP contribution in [0.15, 0.2) is 42.4 Å². The van der Waals surface area contributed by atoms with Crippen LogP contribution in [0.2, 0.25) is 5.02 Å². The lowest BCUT2D eigenvalue weighted by Crippen LogP contribution is -2.50. The second-order valence-corrected chi connectivity index (χ2v) is 9.14. The van der Waals surface area contributed by atoms with Crippen LogP contribution in [0.25, 0.3) is 0 Å². The molecular formula is C18H18ClFN6O4S. The van der Waals surface area contributed by atoms with Crippen LogP contribution in [0, 0.1) is 5.82 Å². The van der Waals surface area contributed by atoms with Crippen molar-refractivity contribution in [2.75, 3.05) is 18.1 Å². The first-order chi connectivity index (χ1) is 14.5. The lowest BCUT2D eigenvalue weighted by molar-refractivity contribution is 0.102. The van der Waals surface area contributed by atoms with E-state index in [-0.39, 0.29) is 33.8 Å². The molecule has 2 heterocycles. The molecule has 164 valence electrons. The van der Waals surface area contributed by atoms with Gasteiger partial charge in [0.1, 0.15) is 17.1 Å². The van der Waals surface area contributed by atoms with Crippen molar-refractivity contribution >= 4 is 39.2 Å².